The molecule has 1 aliphatic carbocycles. The van der Waals surface area contributed by atoms with Crippen LogP contribution in [-0.2, 0) is 11.3 Å². The normalized spacial score (nSPS) is 27.0. The Kier molecular flexibility index (Phi) is 4.35. The zero-order chi connectivity index (χ0) is 16.6. The number of nitrogens with zero attached hydrogens (tertiary/aromatic N) is 2. The maximum Gasteiger partial charge on any atom is 0.243 e. The molecule has 1 saturated heterocycles. The number of hydrogen-bond donors (Lipinski definition) is 1. The number of hydrogen-bond acceptors (Lipinski definition) is 3. The third-order valence-electron chi connectivity index (χ3n) is 6.25. The highest BCUT2D eigenvalue weighted by atomic mass is 16.3. The van der Waals surface area contributed by atoms with E-state index in [9.17, 15) is 9.90 Å². The molecule has 2 heterocycles. The lowest BCUT2D eigenvalue weighted by atomic mass is 9.78. The van der Waals surface area contributed by atoms with Gasteiger partial charge in [0, 0.05) is 6.54 Å². The van der Waals surface area contributed by atoms with Gasteiger partial charge in [0.15, 0.2) is 0 Å². The van der Waals surface area contributed by atoms with Gasteiger partial charge in [0.1, 0.15) is 5.54 Å². The van der Waals surface area contributed by atoms with E-state index in [1.54, 1.807) is 0 Å². The molecule has 1 aromatic rings. The average molecular weight is 328 g/mol. The number of amides is 1. The van der Waals surface area contributed by atoms with Gasteiger partial charge in [-0.05, 0) is 49.9 Å². The Bertz CT molecular complexity index is 603. The number of aliphatic hydroxyl groups excluding tert-OH is 1. The molecule has 2 fully saturated rings. The number of β-amino-alcohol motifs (C(OH)–C–C–N with tert-alkyl or cyclic N) is 1. The second-order valence-electron chi connectivity index (χ2n) is 7.69. The van der Waals surface area contributed by atoms with Gasteiger partial charge in [0.25, 0.3) is 0 Å². The summed E-state index contributed by atoms with van der Waals surface area (Å²) < 4.78 is 0. The number of benzene rings is 1. The van der Waals surface area contributed by atoms with Crippen molar-refractivity contribution < 1.29 is 9.90 Å². The minimum absolute atomic E-state index is 0.262. The summed E-state index contributed by atoms with van der Waals surface area (Å²) in [5, 5.41) is 10.5. The monoisotopic (exact) mass is 328 g/mol. The number of likely N-dealkylation sites (tertiary alicyclic amines) is 1. The fourth-order valence-corrected chi connectivity index (χ4v) is 4.98. The lowest BCUT2D eigenvalue weighted by Gasteiger charge is -2.47. The van der Waals surface area contributed by atoms with Crippen molar-refractivity contribution in [3.8, 4) is 0 Å². The molecule has 1 amide bonds. The van der Waals surface area contributed by atoms with Crippen molar-refractivity contribution in [2.24, 2.45) is 0 Å². The first-order chi connectivity index (χ1) is 11.7. The zero-order valence-corrected chi connectivity index (χ0v) is 14.4. The van der Waals surface area contributed by atoms with E-state index < -0.39 is 6.10 Å². The van der Waals surface area contributed by atoms with Crippen LogP contribution in [-0.4, -0.2) is 46.0 Å². The van der Waals surface area contributed by atoms with Crippen LogP contribution in [0.2, 0.25) is 0 Å². The smallest absolute Gasteiger partial charge is 0.243 e. The molecule has 1 atom stereocenters. The van der Waals surface area contributed by atoms with Crippen molar-refractivity contribution in [2.45, 2.75) is 63.1 Å². The molecule has 1 aromatic carbocycles. The first-order valence-electron chi connectivity index (χ1n) is 9.51. The van der Waals surface area contributed by atoms with Gasteiger partial charge in [-0.15, -0.1) is 0 Å². The topological polar surface area (TPSA) is 43.8 Å². The molecule has 4 nitrogen and oxygen atoms in total. The molecule has 0 aromatic heterocycles. The number of rotatable bonds is 2. The van der Waals surface area contributed by atoms with Gasteiger partial charge in [-0.2, -0.15) is 0 Å². The molecule has 1 N–H and O–H groups in total. The second-order valence-corrected chi connectivity index (χ2v) is 7.69. The Morgan fingerprint density at radius 1 is 1.04 bits per heavy atom. The van der Waals surface area contributed by atoms with Gasteiger partial charge in [-0.1, -0.05) is 43.5 Å². The summed E-state index contributed by atoms with van der Waals surface area (Å²) in [5.74, 6) is 0.262. The quantitative estimate of drug-likeness (QED) is 0.908. The maximum absolute atomic E-state index is 13.6. The lowest BCUT2D eigenvalue weighted by Crippen LogP contribution is -2.60. The minimum Gasteiger partial charge on any atom is -0.387 e. The van der Waals surface area contributed by atoms with Crippen LogP contribution in [0.15, 0.2) is 24.3 Å². The van der Waals surface area contributed by atoms with E-state index in [1.807, 2.05) is 29.2 Å². The van der Waals surface area contributed by atoms with Crippen LogP contribution < -0.4 is 0 Å². The number of fused-ring (bicyclic) bond motifs is 1. The summed E-state index contributed by atoms with van der Waals surface area (Å²) in [6.07, 6.45) is 7.37. The van der Waals surface area contributed by atoms with Gasteiger partial charge in [0.05, 0.1) is 12.6 Å². The largest absolute Gasteiger partial charge is 0.387 e. The molecule has 4 rings (SSSR count). The summed E-state index contributed by atoms with van der Waals surface area (Å²) >= 11 is 0. The fourth-order valence-electron chi connectivity index (χ4n) is 4.98. The van der Waals surface area contributed by atoms with E-state index in [-0.39, 0.29) is 11.4 Å². The summed E-state index contributed by atoms with van der Waals surface area (Å²) in [6.45, 7) is 3.19. The third kappa shape index (κ3) is 2.66. The SMILES string of the molecule is O=C(N1Cc2ccccc2[C@@H](O)C1)C1(N2CCCC2)CCCCC1. The van der Waals surface area contributed by atoms with Crippen molar-refractivity contribution in [3.63, 3.8) is 0 Å². The van der Waals surface area contributed by atoms with E-state index >= 15 is 0 Å². The Hall–Kier alpha value is -1.39. The summed E-state index contributed by atoms with van der Waals surface area (Å²) in [7, 11) is 0. The van der Waals surface area contributed by atoms with Gasteiger partial charge < -0.3 is 10.0 Å². The molecule has 0 unspecified atom stereocenters. The molecule has 1 saturated carbocycles. The Labute approximate surface area is 144 Å². The first kappa shape index (κ1) is 16.1. The standard InChI is InChI=1S/C20H28N2O2/c23-18-15-21(14-16-8-2-3-9-17(16)18)19(24)20(10-4-1-5-11-20)22-12-6-7-13-22/h2-3,8-9,18,23H,1,4-7,10-15H2/t18-/m0/s1. The van der Waals surface area contributed by atoms with E-state index in [1.165, 1.54) is 19.3 Å². The van der Waals surface area contributed by atoms with Crippen molar-refractivity contribution in [1.29, 1.82) is 0 Å². The van der Waals surface area contributed by atoms with Crippen LogP contribution in [0.1, 0.15) is 62.2 Å². The first-order valence-corrected chi connectivity index (χ1v) is 9.51. The molecule has 2 aliphatic heterocycles. The second kappa shape index (κ2) is 6.49. The summed E-state index contributed by atoms with van der Waals surface area (Å²) in [4.78, 5) is 18.0. The Balaban J connectivity index is 1.61. The molecule has 0 bridgehead atoms. The molecule has 0 spiro atoms. The molecule has 0 radical (unpaired) electrons. The predicted molar refractivity (Wildman–Crippen MR) is 93.4 cm³/mol. The highest BCUT2D eigenvalue weighted by Crippen LogP contribution is 2.39. The van der Waals surface area contributed by atoms with Crippen LogP contribution in [0.4, 0.5) is 0 Å². The molecular weight excluding hydrogens is 300 g/mol. The van der Waals surface area contributed by atoms with Crippen LogP contribution >= 0.6 is 0 Å². The Morgan fingerprint density at radius 3 is 2.50 bits per heavy atom. The molecule has 4 heteroatoms. The van der Waals surface area contributed by atoms with Crippen molar-refractivity contribution in [1.82, 2.24) is 9.80 Å². The molecule has 24 heavy (non-hydrogen) atoms. The highest BCUT2D eigenvalue weighted by molar-refractivity contribution is 5.87. The van der Waals surface area contributed by atoms with Crippen molar-refractivity contribution in [2.75, 3.05) is 19.6 Å². The van der Waals surface area contributed by atoms with Gasteiger partial charge in [-0.25, -0.2) is 0 Å². The van der Waals surface area contributed by atoms with Crippen LogP contribution in [0.5, 0.6) is 0 Å². The maximum atomic E-state index is 13.6. The van der Waals surface area contributed by atoms with Crippen LogP contribution in [0.3, 0.4) is 0 Å². The van der Waals surface area contributed by atoms with Gasteiger partial charge in [-0.3, -0.25) is 9.69 Å². The summed E-state index contributed by atoms with van der Waals surface area (Å²) in [5.41, 5.74) is 1.78. The van der Waals surface area contributed by atoms with Crippen molar-refractivity contribution >= 4 is 5.91 Å². The zero-order valence-electron chi connectivity index (χ0n) is 14.4. The van der Waals surface area contributed by atoms with E-state index in [4.69, 9.17) is 0 Å². The molecule has 130 valence electrons. The number of carbonyl (C=O) groups is 1. The average Bonchev–Trinajstić information content (AvgIpc) is 3.17. The highest BCUT2D eigenvalue weighted by Gasteiger charge is 2.48. The third-order valence-corrected chi connectivity index (χ3v) is 6.25. The van der Waals surface area contributed by atoms with Crippen LogP contribution in [0, 0.1) is 0 Å². The van der Waals surface area contributed by atoms with Gasteiger partial charge >= 0.3 is 0 Å². The predicted octanol–water partition coefficient (Wildman–Crippen LogP) is 2.86. The van der Waals surface area contributed by atoms with Crippen molar-refractivity contribution in [3.05, 3.63) is 35.4 Å². The van der Waals surface area contributed by atoms with E-state index in [0.29, 0.717) is 13.1 Å². The molecular formula is C20H28N2O2. The summed E-state index contributed by atoms with van der Waals surface area (Å²) in [6, 6.07) is 7.99. The minimum atomic E-state index is -0.557. The Morgan fingerprint density at radius 2 is 1.75 bits per heavy atom. The van der Waals surface area contributed by atoms with Gasteiger partial charge in [0.2, 0.25) is 5.91 Å². The number of carbonyl (C=O) groups excluding carboxylic acids is 1. The fraction of sp³-hybridized carbons (Fsp3) is 0.650. The lowest BCUT2D eigenvalue weighted by molar-refractivity contribution is -0.149. The van der Waals surface area contributed by atoms with E-state index in [0.717, 1.165) is 49.9 Å². The van der Waals surface area contributed by atoms with Crippen LogP contribution in [0.25, 0.3) is 0 Å². The number of aliphatic hydroxyl groups is 1. The van der Waals surface area contributed by atoms with E-state index in [2.05, 4.69) is 4.90 Å². The molecule has 3 aliphatic rings.